The lowest BCUT2D eigenvalue weighted by Crippen LogP contribution is -1.87. The van der Waals surface area contributed by atoms with Crippen LogP contribution in [0.5, 0.6) is 5.75 Å². The number of methoxy groups -OCH3 is 1. The Morgan fingerprint density at radius 1 is 1.12 bits per heavy atom. The summed E-state index contributed by atoms with van der Waals surface area (Å²) in [6.07, 6.45) is 1.64. The molecule has 1 aromatic carbocycles. The summed E-state index contributed by atoms with van der Waals surface area (Å²) in [6.45, 7) is 0. The summed E-state index contributed by atoms with van der Waals surface area (Å²) < 4.78 is 5.15. The van der Waals surface area contributed by atoms with Gasteiger partial charge in [0.1, 0.15) is 10.9 Å². The van der Waals surface area contributed by atoms with Crippen molar-refractivity contribution in [3.8, 4) is 16.9 Å². The van der Waals surface area contributed by atoms with E-state index in [0.29, 0.717) is 20.9 Å². The van der Waals surface area contributed by atoms with Gasteiger partial charge in [0, 0.05) is 23.4 Å². The zero-order valence-electron chi connectivity index (χ0n) is 8.88. The lowest BCUT2D eigenvalue weighted by Gasteiger charge is -2.09. The summed E-state index contributed by atoms with van der Waals surface area (Å²) in [5.74, 6) is 0.643. The first-order chi connectivity index (χ1) is 8.11. The molecule has 1 heterocycles. The van der Waals surface area contributed by atoms with Gasteiger partial charge in [-0.15, -0.1) is 0 Å². The number of rotatable bonds is 2. The molecule has 1 aromatic heterocycles. The number of nitrogens with zero attached hydrogens (tertiary/aromatic N) is 1. The van der Waals surface area contributed by atoms with Crippen LogP contribution in [0.4, 0.5) is 0 Å². The zero-order valence-corrected chi connectivity index (χ0v) is 11.1. The second-order valence-corrected chi connectivity index (χ2v) is 4.51. The molecule has 0 aliphatic rings. The smallest absolute Gasteiger partial charge is 0.129 e. The molecule has 0 saturated heterocycles. The SMILES string of the molecule is COc1cc(Cl)c(Cl)c(-c2ccc(Cl)nc2)c1. The van der Waals surface area contributed by atoms with Crippen LogP contribution in [-0.2, 0) is 0 Å². The second kappa shape index (κ2) is 5.13. The van der Waals surface area contributed by atoms with Crippen molar-refractivity contribution in [3.63, 3.8) is 0 Å². The quantitative estimate of drug-likeness (QED) is 0.746. The molecule has 0 atom stereocenters. The molecule has 0 fully saturated rings. The number of halogens is 3. The first kappa shape index (κ1) is 12.5. The highest BCUT2D eigenvalue weighted by Gasteiger charge is 2.10. The molecule has 17 heavy (non-hydrogen) atoms. The van der Waals surface area contributed by atoms with E-state index in [2.05, 4.69) is 4.98 Å². The molecule has 88 valence electrons. The maximum absolute atomic E-state index is 6.15. The van der Waals surface area contributed by atoms with E-state index in [-0.39, 0.29) is 0 Å². The molecule has 0 bridgehead atoms. The molecule has 0 spiro atoms. The van der Waals surface area contributed by atoms with E-state index in [9.17, 15) is 0 Å². The predicted molar refractivity (Wildman–Crippen MR) is 71.3 cm³/mol. The first-order valence-corrected chi connectivity index (χ1v) is 5.90. The van der Waals surface area contributed by atoms with Crippen molar-refractivity contribution in [2.24, 2.45) is 0 Å². The first-order valence-electron chi connectivity index (χ1n) is 4.77. The molecule has 0 N–H and O–H groups in total. The Morgan fingerprint density at radius 3 is 2.47 bits per heavy atom. The van der Waals surface area contributed by atoms with E-state index < -0.39 is 0 Å². The van der Waals surface area contributed by atoms with Gasteiger partial charge in [-0.3, -0.25) is 0 Å². The minimum absolute atomic E-state index is 0.430. The number of hydrogen-bond donors (Lipinski definition) is 0. The number of benzene rings is 1. The third-order valence-electron chi connectivity index (χ3n) is 2.28. The third kappa shape index (κ3) is 2.65. The van der Waals surface area contributed by atoms with E-state index >= 15 is 0 Å². The maximum atomic E-state index is 6.15. The Hall–Kier alpha value is -0.960. The van der Waals surface area contributed by atoms with Crippen molar-refractivity contribution in [3.05, 3.63) is 45.7 Å². The van der Waals surface area contributed by atoms with E-state index in [0.717, 1.165) is 11.1 Å². The van der Waals surface area contributed by atoms with Gasteiger partial charge in [0.05, 0.1) is 17.2 Å². The molecule has 0 saturated carbocycles. The number of aromatic nitrogens is 1. The monoisotopic (exact) mass is 287 g/mol. The average Bonchev–Trinajstić information content (AvgIpc) is 2.34. The van der Waals surface area contributed by atoms with Crippen LogP contribution >= 0.6 is 34.8 Å². The lowest BCUT2D eigenvalue weighted by molar-refractivity contribution is 0.415. The molecule has 0 aliphatic heterocycles. The fourth-order valence-electron chi connectivity index (χ4n) is 1.43. The van der Waals surface area contributed by atoms with Crippen molar-refractivity contribution in [1.29, 1.82) is 0 Å². The van der Waals surface area contributed by atoms with Crippen molar-refractivity contribution in [2.75, 3.05) is 7.11 Å². The molecule has 2 aromatic rings. The standard InChI is InChI=1S/C12H8Cl3NO/c1-17-8-4-9(12(15)10(13)5-8)7-2-3-11(14)16-6-7/h2-6H,1H3. The Kier molecular flexibility index (Phi) is 3.77. The van der Waals surface area contributed by atoms with Crippen LogP contribution < -0.4 is 4.74 Å². The van der Waals surface area contributed by atoms with Crippen molar-refractivity contribution in [2.45, 2.75) is 0 Å². The lowest BCUT2D eigenvalue weighted by atomic mass is 10.1. The van der Waals surface area contributed by atoms with Gasteiger partial charge in [0.2, 0.25) is 0 Å². The van der Waals surface area contributed by atoms with Gasteiger partial charge in [0.25, 0.3) is 0 Å². The minimum atomic E-state index is 0.430. The average molecular weight is 289 g/mol. The van der Waals surface area contributed by atoms with Crippen LogP contribution in [0.1, 0.15) is 0 Å². The van der Waals surface area contributed by atoms with E-state index in [4.69, 9.17) is 39.5 Å². The molecule has 0 aliphatic carbocycles. The van der Waals surface area contributed by atoms with Crippen LogP contribution in [-0.4, -0.2) is 12.1 Å². The van der Waals surface area contributed by atoms with Crippen molar-refractivity contribution < 1.29 is 4.74 Å². The Balaban J connectivity index is 2.57. The van der Waals surface area contributed by atoms with Gasteiger partial charge in [-0.25, -0.2) is 4.98 Å². The summed E-state index contributed by atoms with van der Waals surface area (Å²) in [4.78, 5) is 4.00. The van der Waals surface area contributed by atoms with Crippen molar-refractivity contribution >= 4 is 34.8 Å². The zero-order chi connectivity index (χ0) is 12.4. The summed E-state index contributed by atoms with van der Waals surface area (Å²) >= 11 is 17.9. The summed E-state index contributed by atoms with van der Waals surface area (Å²) in [5, 5.41) is 1.34. The van der Waals surface area contributed by atoms with Crippen molar-refractivity contribution in [1.82, 2.24) is 4.98 Å². The predicted octanol–water partition coefficient (Wildman–Crippen LogP) is 4.72. The van der Waals surface area contributed by atoms with Gasteiger partial charge in [-0.2, -0.15) is 0 Å². The van der Waals surface area contributed by atoms with E-state index in [1.165, 1.54) is 0 Å². The van der Waals surface area contributed by atoms with Gasteiger partial charge in [0.15, 0.2) is 0 Å². The van der Waals surface area contributed by atoms with E-state index in [1.54, 1.807) is 31.5 Å². The number of hydrogen-bond acceptors (Lipinski definition) is 2. The summed E-state index contributed by atoms with van der Waals surface area (Å²) in [6, 6.07) is 6.99. The molecule has 0 unspecified atom stereocenters. The Labute approximate surface area is 114 Å². The molecule has 2 rings (SSSR count). The third-order valence-corrected chi connectivity index (χ3v) is 3.30. The summed E-state index contributed by atoms with van der Waals surface area (Å²) in [5.41, 5.74) is 1.60. The fourth-order valence-corrected chi connectivity index (χ4v) is 1.97. The molecule has 5 heteroatoms. The van der Waals surface area contributed by atoms with Crippen LogP contribution in [0.3, 0.4) is 0 Å². The largest absolute Gasteiger partial charge is 0.497 e. The minimum Gasteiger partial charge on any atom is -0.497 e. The number of pyridine rings is 1. The van der Waals surface area contributed by atoms with Crippen LogP contribution in [0.2, 0.25) is 15.2 Å². The van der Waals surface area contributed by atoms with Gasteiger partial charge in [-0.05, 0) is 18.2 Å². The normalized spacial score (nSPS) is 10.4. The molecule has 0 amide bonds. The molecule has 0 radical (unpaired) electrons. The highest BCUT2D eigenvalue weighted by molar-refractivity contribution is 6.43. The van der Waals surface area contributed by atoms with Crippen LogP contribution in [0.15, 0.2) is 30.5 Å². The highest BCUT2D eigenvalue weighted by atomic mass is 35.5. The Morgan fingerprint density at radius 2 is 1.88 bits per heavy atom. The van der Waals surface area contributed by atoms with E-state index in [1.807, 2.05) is 6.07 Å². The molecular formula is C12H8Cl3NO. The second-order valence-electron chi connectivity index (χ2n) is 3.34. The summed E-state index contributed by atoms with van der Waals surface area (Å²) in [7, 11) is 1.57. The fraction of sp³-hybridized carbons (Fsp3) is 0.0833. The van der Waals surface area contributed by atoms with Gasteiger partial charge < -0.3 is 4.74 Å². The highest BCUT2D eigenvalue weighted by Crippen LogP contribution is 2.37. The maximum Gasteiger partial charge on any atom is 0.129 e. The molecule has 2 nitrogen and oxygen atoms in total. The topological polar surface area (TPSA) is 22.1 Å². The van der Waals surface area contributed by atoms with Crippen LogP contribution in [0.25, 0.3) is 11.1 Å². The Bertz CT molecular complexity index is 540. The van der Waals surface area contributed by atoms with Crippen LogP contribution in [0, 0.1) is 0 Å². The molecular weight excluding hydrogens is 280 g/mol. The number of ether oxygens (including phenoxy) is 1. The van der Waals surface area contributed by atoms with Gasteiger partial charge in [-0.1, -0.05) is 34.8 Å². The van der Waals surface area contributed by atoms with Gasteiger partial charge >= 0.3 is 0 Å².